The summed E-state index contributed by atoms with van der Waals surface area (Å²) in [5.74, 6) is 0.700. The summed E-state index contributed by atoms with van der Waals surface area (Å²) >= 11 is 0. The number of hydrogen-bond acceptors (Lipinski definition) is 4. The fourth-order valence-electron chi connectivity index (χ4n) is 3.95. The molecule has 0 unspecified atom stereocenters. The lowest BCUT2D eigenvalue weighted by atomic mass is 10.0. The van der Waals surface area contributed by atoms with Crippen molar-refractivity contribution < 1.29 is 4.79 Å². The minimum Gasteiger partial charge on any atom is -0.357 e. The fraction of sp³-hybridized carbons (Fsp3) is 0.333. The third-order valence-electron chi connectivity index (χ3n) is 5.96. The fourth-order valence-corrected chi connectivity index (χ4v) is 3.95. The number of nitrogens with zero attached hydrogens (tertiary/aromatic N) is 3. The molecular weight excluding hydrogens is 432 g/mol. The number of carbonyl (C=O) groups is 1. The van der Waals surface area contributed by atoms with Crippen molar-refractivity contribution in [3.8, 4) is 0 Å². The van der Waals surface area contributed by atoms with Crippen molar-refractivity contribution in [3.63, 3.8) is 0 Å². The molecule has 0 spiro atoms. The highest BCUT2D eigenvalue weighted by Crippen LogP contribution is 2.23. The molecule has 2 heterocycles. The third kappa shape index (κ3) is 7.99. The summed E-state index contributed by atoms with van der Waals surface area (Å²) in [7, 11) is 1.97. The van der Waals surface area contributed by atoms with Gasteiger partial charge in [0.25, 0.3) is 5.91 Å². The van der Waals surface area contributed by atoms with Gasteiger partial charge in [0, 0.05) is 43.3 Å². The quantitative estimate of drug-likeness (QED) is 0.365. The zero-order chi connectivity index (χ0) is 25.8. The van der Waals surface area contributed by atoms with Gasteiger partial charge in [-0.05, 0) is 86.7 Å². The van der Waals surface area contributed by atoms with E-state index in [4.69, 9.17) is 0 Å². The monoisotopic (exact) mass is 472 g/mol. The molecule has 186 valence electrons. The molecule has 1 N–H and O–H groups in total. The molecule has 0 aliphatic carbocycles. The van der Waals surface area contributed by atoms with E-state index in [-0.39, 0.29) is 5.91 Å². The van der Waals surface area contributed by atoms with Crippen LogP contribution in [0.5, 0.6) is 0 Å². The second-order valence-electron chi connectivity index (χ2n) is 8.60. The van der Waals surface area contributed by atoms with E-state index in [9.17, 15) is 4.79 Å². The van der Waals surface area contributed by atoms with Gasteiger partial charge in [0.2, 0.25) is 0 Å². The maximum Gasteiger partial charge on any atom is 0.255 e. The van der Waals surface area contributed by atoms with Gasteiger partial charge in [-0.2, -0.15) is 0 Å². The Morgan fingerprint density at radius 2 is 1.91 bits per heavy atom. The number of carbonyl (C=O) groups excluding carboxylic acids is 1. The molecule has 0 bridgehead atoms. The highest BCUT2D eigenvalue weighted by atomic mass is 16.1. The van der Waals surface area contributed by atoms with Crippen LogP contribution in [-0.4, -0.2) is 35.9 Å². The zero-order valence-electron chi connectivity index (χ0n) is 21.8. The van der Waals surface area contributed by atoms with E-state index in [2.05, 4.69) is 60.1 Å². The molecule has 0 aromatic carbocycles. The summed E-state index contributed by atoms with van der Waals surface area (Å²) in [5.41, 5.74) is 5.03. The molecule has 1 aromatic heterocycles. The number of piperidine rings is 1. The number of allylic oxidation sites excluding steroid dienone is 8. The smallest absolute Gasteiger partial charge is 0.255 e. The maximum absolute atomic E-state index is 13.0. The third-order valence-corrected chi connectivity index (χ3v) is 5.96. The van der Waals surface area contributed by atoms with Crippen LogP contribution < -0.4 is 10.2 Å². The van der Waals surface area contributed by atoms with Crippen LogP contribution in [0.1, 0.15) is 56.8 Å². The number of anilines is 1. The Hall–Kier alpha value is -3.60. The van der Waals surface area contributed by atoms with E-state index in [0.717, 1.165) is 60.6 Å². The second kappa shape index (κ2) is 14.0. The van der Waals surface area contributed by atoms with Crippen molar-refractivity contribution in [1.82, 2.24) is 15.2 Å². The molecule has 35 heavy (non-hydrogen) atoms. The molecule has 2 rings (SSSR count). The van der Waals surface area contributed by atoms with Crippen molar-refractivity contribution >= 4 is 11.7 Å². The lowest BCUT2D eigenvalue weighted by molar-refractivity contribution is 0.0966. The van der Waals surface area contributed by atoms with Crippen molar-refractivity contribution in [2.75, 3.05) is 25.0 Å². The van der Waals surface area contributed by atoms with Crippen molar-refractivity contribution in [2.45, 2.75) is 46.5 Å². The maximum atomic E-state index is 13.0. The van der Waals surface area contributed by atoms with Crippen LogP contribution in [0.3, 0.4) is 0 Å². The van der Waals surface area contributed by atoms with Crippen LogP contribution in [0, 0.1) is 0 Å². The van der Waals surface area contributed by atoms with E-state index in [1.807, 2.05) is 37.9 Å². The van der Waals surface area contributed by atoms with E-state index in [1.54, 1.807) is 24.5 Å². The first-order chi connectivity index (χ1) is 16.8. The lowest BCUT2D eigenvalue weighted by Gasteiger charge is -2.27. The summed E-state index contributed by atoms with van der Waals surface area (Å²) < 4.78 is 0. The van der Waals surface area contributed by atoms with Gasteiger partial charge in [-0.1, -0.05) is 44.9 Å². The molecule has 0 atom stereocenters. The number of amides is 1. The van der Waals surface area contributed by atoms with Gasteiger partial charge < -0.3 is 15.1 Å². The Morgan fingerprint density at radius 1 is 1.20 bits per heavy atom. The Balaban J connectivity index is 2.30. The molecule has 1 amide bonds. The van der Waals surface area contributed by atoms with Gasteiger partial charge in [0.1, 0.15) is 5.82 Å². The molecule has 1 saturated heterocycles. The van der Waals surface area contributed by atoms with Crippen molar-refractivity contribution in [1.29, 1.82) is 0 Å². The number of aromatic nitrogens is 1. The van der Waals surface area contributed by atoms with E-state index in [0.29, 0.717) is 11.3 Å². The molecule has 1 fully saturated rings. The highest BCUT2D eigenvalue weighted by molar-refractivity contribution is 5.95. The number of hydrogen-bond donors (Lipinski definition) is 1. The predicted molar refractivity (Wildman–Crippen MR) is 149 cm³/mol. The van der Waals surface area contributed by atoms with Crippen LogP contribution in [0.4, 0.5) is 5.82 Å². The SMILES string of the molecule is C=CC(=C)C(=C\C(=C/C)C(=C\CC)\N(C)C=C)/C=C(\C)NC(=O)c1ccnc(N2CCCCC2)c1. The standard InChI is InChI=1S/C30H40N4O/c1-8-15-28(33(7)11-4)25(10-3)21-27(23(5)9-2)20-24(6)32-30(35)26-16-17-31-29(22-26)34-18-13-12-14-19-34/h9-11,15-17,20-22H,2,4-5,8,12-14,18-19H2,1,3,6-7H3,(H,32,35)/b24-20+,25-10+,27-21-,28-15-. The average Bonchev–Trinajstić information content (AvgIpc) is 2.89. The second-order valence-corrected chi connectivity index (χ2v) is 8.60. The predicted octanol–water partition coefficient (Wildman–Crippen LogP) is 6.69. The Labute approximate surface area is 211 Å². The Kier molecular flexibility index (Phi) is 11.0. The van der Waals surface area contributed by atoms with Gasteiger partial charge in [0.05, 0.1) is 0 Å². The van der Waals surface area contributed by atoms with E-state index >= 15 is 0 Å². The molecule has 1 aromatic rings. The summed E-state index contributed by atoms with van der Waals surface area (Å²) in [6.07, 6.45) is 17.9. The van der Waals surface area contributed by atoms with Gasteiger partial charge in [-0.25, -0.2) is 4.98 Å². The van der Waals surface area contributed by atoms with Crippen LogP contribution in [0.2, 0.25) is 0 Å². The van der Waals surface area contributed by atoms with Crippen LogP contribution >= 0.6 is 0 Å². The highest BCUT2D eigenvalue weighted by Gasteiger charge is 2.15. The Morgan fingerprint density at radius 3 is 2.51 bits per heavy atom. The minimum absolute atomic E-state index is 0.160. The molecule has 1 aliphatic heterocycles. The summed E-state index contributed by atoms with van der Waals surface area (Å²) in [5, 5.41) is 3.01. The van der Waals surface area contributed by atoms with E-state index in [1.165, 1.54) is 6.42 Å². The van der Waals surface area contributed by atoms with Crippen molar-refractivity contribution in [2.24, 2.45) is 0 Å². The lowest BCUT2D eigenvalue weighted by Crippen LogP contribution is -2.30. The number of nitrogens with one attached hydrogen (secondary N) is 1. The zero-order valence-corrected chi connectivity index (χ0v) is 21.8. The van der Waals surface area contributed by atoms with Crippen molar-refractivity contribution in [3.05, 3.63) is 108 Å². The molecule has 5 heteroatoms. The summed E-state index contributed by atoms with van der Waals surface area (Å²) in [6.45, 7) is 19.9. The largest absolute Gasteiger partial charge is 0.357 e. The summed E-state index contributed by atoms with van der Waals surface area (Å²) in [4.78, 5) is 21.7. The molecule has 1 aliphatic rings. The first kappa shape index (κ1) is 27.6. The molecule has 0 radical (unpaired) electrons. The normalized spacial score (nSPS) is 15.5. The topological polar surface area (TPSA) is 48.5 Å². The first-order valence-electron chi connectivity index (χ1n) is 12.3. The van der Waals surface area contributed by atoms with Gasteiger partial charge in [0.15, 0.2) is 0 Å². The molecule has 5 nitrogen and oxygen atoms in total. The van der Waals surface area contributed by atoms with Gasteiger partial charge in [-0.15, -0.1) is 0 Å². The molecule has 0 saturated carbocycles. The van der Waals surface area contributed by atoms with Crippen LogP contribution in [0.25, 0.3) is 0 Å². The van der Waals surface area contributed by atoms with Crippen LogP contribution in [0.15, 0.2) is 103 Å². The van der Waals surface area contributed by atoms with E-state index < -0.39 is 0 Å². The van der Waals surface area contributed by atoms with Crippen LogP contribution in [-0.2, 0) is 0 Å². The Bertz CT molecular complexity index is 1050. The number of rotatable bonds is 11. The number of likely N-dealkylation sites (N-methyl/N-ethyl adjacent to an activating group) is 1. The molecular formula is C30H40N4O. The average molecular weight is 473 g/mol. The van der Waals surface area contributed by atoms with Gasteiger partial charge in [-0.3, -0.25) is 4.79 Å². The first-order valence-corrected chi connectivity index (χ1v) is 12.3. The minimum atomic E-state index is -0.160. The summed E-state index contributed by atoms with van der Waals surface area (Å²) in [6, 6.07) is 3.62. The number of pyridine rings is 1. The van der Waals surface area contributed by atoms with Gasteiger partial charge >= 0.3 is 0 Å².